The molecule has 0 spiro atoms. The summed E-state index contributed by atoms with van der Waals surface area (Å²) in [5.41, 5.74) is 8.23. The Bertz CT molecular complexity index is 693. The standard InChI is InChI=1S/C17H24F2N6O/c1-25-9-12(5-24-25)11-2-3-14(20)15(4-11)22-6-13-7-23-17(8-21-13)26-10-16(18)19/h5,7-9,11,14-16,22H,2-4,6,10,20H2,1H3. The molecule has 3 rings (SSSR count). The fourth-order valence-electron chi connectivity index (χ4n) is 3.28. The predicted octanol–water partition coefficient (Wildman–Crippen LogP) is 1.61. The fourth-order valence-corrected chi connectivity index (χ4v) is 3.28. The summed E-state index contributed by atoms with van der Waals surface area (Å²) in [6.45, 7) is -0.167. The zero-order valence-electron chi connectivity index (χ0n) is 14.7. The molecule has 1 saturated carbocycles. The Labute approximate surface area is 151 Å². The Morgan fingerprint density at radius 3 is 2.81 bits per heavy atom. The molecule has 0 amide bonds. The van der Waals surface area contributed by atoms with Crippen molar-refractivity contribution >= 4 is 0 Å². The van der Waals surface area contributed by atoms with Crippen LogP contribution in [0.15, 0.2) is 24.8 Å². The molecular formula is C17H24F2N6O. The van der Waals surface area contributed by atoms with Crippen LogP contribution in [0.5, 0.6) is 5.88 Å². The van der Waals surface area contributed by atoms with E-state index >= 15 is 0 Å². The average molecular weight is 366 g/mol. The monoisotopic (exact) mass is 366 g/mol. The SMILES string of the molecule is Cn1cc(C2CCC(N)C(NCc3cnc(OCC(F)F)cn3)C2)cn1. The Balaban J connectivity index is 1.52. The lowest BCUT2D eigenvalue weighted by atomic mass is 9.80. The molecule has 3 unspecified atom stereocenters. The van der Waals surface area contributed by atoms with Crippen LogP contribution in [0, 0.1) is 0 Å². The second-order valence-electron chi connectivity index (χ2n) is 6.66. The van der Waals surface area contributed by atoms with Crippen molar-refractivity contribution in [3.05, 3.63) is 36.0 Å². The van der Waals surface area contributed by atoms with Crippen LogP contribution in [-0.4, -0.2) is 44.9 Å². The Hall–Kier alpha value is -2.13. The molecule has 0 saturated heterocycles. The second-order valence-corrected chi connectivity index (χ2v) is 6.66. The molecule has 0 bridgehead atoms. The van der Waals surface area contributed by atoms with Gasteiger partial charge in [-0.25, -0.2) is 13.8 Å². The van der Waals surface area contributed by atoms with E-state index in [1.807, 2.05) is 17.9 Å². The highest BCUT2D eigenvalue weighted by Crippen LogP contribution is 2.32. The van der Waals surface area contributed by atoms with E-state index in [1.165, 1.54) is 18.0 Å². The van der Waals surface area contributed by atoms with Crippen molar-refractivity contribution in [2.75, 3.05) is 6.61 Å². The van der Waals surface area contributed by atoms with Crippen molar-refractivity contribution in [3.63, 3.8) is 0 Å². The fraction of sp³-hybridized carbons (Fsp3) is 0.588. The van der Waals surface area contributed by atoms with Crippen molar-refractivity contribution in [2.45, 2.75) is 50.2 Å². The normalized spacial score (nSPS) is 23.3. The minimum atomic E-state index is -2.53. The molecule has 26 heavy (non-hydrogen) atoms. The molecule has 142 valence electrons. The lowest BCUT2D eigenvalue weighted by Gasteiger charge is -2.34. The van der Waals surface area contributed by atoms with Crippen molar-refractivity contribution in [3.8, 4) is 5.88 Å². The molecule has 0 aromatic carbocycles. The van der Waals surface area contributed by atoms with Gasteiger partial charge in [-0.2, -0.15) is 5.10 Å². The van der Waals surface area contributed by atoms with Gasteiger partial charge in [0.2, 0.25) is 5.88 Å². The maximum Gasteiger partial charge on any atom is 0.272 e. The van der Waals surface area contributed by atoms with Gasteiger partial charge in [-0.3, -0.25) is 9.67 Å². The quantitative estimate of drug-likeness (QED) is 0.774. The van der Waals surface area contributed by atoms with Gasteiger partial charge in [0.25, 0.3) is 6.43 Å². The number of ether oxygens (including phenoxy) is 1. The van der Waals surface area contributed by atoms with Crippen molar-refractivity contribution < 1.29 is 13.5 Å². The highest BCUT2D eigenvalue weighted by molar-refractivity contribution is 5.14. The summed E-state index contributed by atoms with van der Waals surface area (Å²) in [4.78, 5) is 8.20. The lowest BCUT2D eigenvalue weighted by molar-refractivity contribution is 0.0793. The Morgan fingerprint density at radius 1 is 1.31 bits per heavy atom. The Morgan fingerprint density at radius 2 is 2.15 bits per heavy atom. The molecule has 3 atom stereocenters. The van der Waals surface area contributed by atoms with Crippen molar-refractivity contribution in [1.82, 2.24) is 25.1 Å². The zero-order valence-corrected chi connectivity index (χ0v) is 14.7. The highest BCUT2D eigenvalue weighted by atomic mass is 19.3. The molecule has 7 nitrogen and oxygen atoms in total. The van der Waals surface area contributed by atoms with Crippen LogP contribution in [0.2, 0.25) is 0 Å². The third-order valence-electron chi connectivity index (χ3n) is 4.68. The van der Waals surface area contributed by atoms with Gasteiger partial charge in [0, 0.05) is 31.9 Å². The van der Waals surface area contributed by atoms with E-state index in [1.54, 1.807) is 0 Å². The predicted molar refractivity (Wildman–Crippen MR) is 91.9 cm³/mol. The molecule has 2 heterocycles. The number of alkyl halides is 2. The molecule has 2 aromatic heterocycles. The van der Waals surface area contributed by atoms with E-state index in [2.05, 4.69) is 26.6 Å². The number of nitrogens with one attached hydrogen (secondary N) is 1. The van der Waals surface area contributed by atoms with Crippen LogP contribution < -0.4 is 15.8 Å². The number of aromatic nitrogens is 4. The maximum atomic E-state index is 12.1. The highest BCUT2D eigenvalue weighted by Gasteiger charge is 2.29. The van der Waals surface area contributed by atoms with E-state index in [4.69, 9.17) is 10.5 Å². The summed E-state index contributed by atoms with van der Waals surface area (Å²) in [7, 11) is 1.92. The summed E-state index contributed by atoms with van der Waals surface area (Å²) >= 11 is 0. The molecule has 1 aliphatic rings. The molecule has 9 heteroatoms. The third kappa shape index (κ3) is 4.95. The van der Waals surface area contributed by atoms with Crippen LogP contribution in [0.4, 0.5) is 8.78 Å². The topological polar surface area (TPSA) is 90.9 Å². The number of rotatable bonds is 7. The van der Waals surface area contributed by atoms with Crippen LogP contribution in [0.25, 0.3) is 0 Å². The summed E-state index contributed by atoms with van der Waals surface area (Å²) in [5, 5.41) is 7.70. The van der Waals surface area contributed by atoms with Crippen LogP contribution in [0.3, 0.4) is 0 Å². The van der Waals surface area contributed by atoms with E-state index < -0.39 is 13.0 Å². The first kappa shape index (κ1) is 18.7. The summed E-state index contributed by atoms with van der Waals surface area (Å²) < 4.78 is 30.9. The maximum absolute atomic E-state index is 12.1. The smallest absolute Gasteiger partial charge is 0.272 e. The number of hydrogen-bond donors (Lipinski definition) is 2. The lowest BCUT2D eigenvalue weighted by Crippen LogP contribution is -2.48. The minimum absolute atomic E-state index is 0.0875. The van der Waals surface area contributed by atoms with Crippen molar-refractivity contribution in [2.24, 2.45) is 12.8 Å². The number of halogens is 2. The van der Waals surface area contributed by atoms with Crippen LogP contribution in [-0.2, 0) is 13.6 Å². The molecule has 3 N–H and O–H groups in total. The number of nitrogens with two attached hydrogens (primary N) is 1. The van der Waals surface area contributed by atoms with Crippen LogP contribution >= 0.6 is 0 Å². The Kier molecular flexibility index (Phi) is 6.10. The first-order valence-electron chi connectivity index (χ1n) is 8.70. The first-order valence-corrected chi connectivity index (χ1v) is 8.70. The summed E-state index contributed by atoms with van der Waals surface area (Å²) in [6, 6.07) is 0.259. The second kappa shape index (κ2) is 8.50. The van der Waals surface area contributed by atoms with Gasteiger partial charge >= 0.3 is 0 Å². The molecule has 0 aliphatic heterocycles. The molecule has 0 radical (unpaired) electrons. The van der Waals surface area contributed by atoms with Gasteiger partial charge in [-0.1, -0.05) is 0 Å². The van der Waals surface area contributed by atoms with E-state index in [0.717, 1.165) is 19.3 Å². The molecule has 1 aliphatic carbocycles. The molecule has 1 fully saturated rings. The molecular weight excluding hydrogens is 342 g/mol. The van der Waals surface area contributed by atoms with Gasteiger partial charge in [0.05, 0.1) is 24.3 Å². The van der Waals surface area contributed by atoms with Gasteiger partial charge in [-0.05, 0) is 30.7 Å². The average Bonchev–Trinajstić information content (AvgIpc) is 3.06. The van der Waals surface area contributed by atoms with Gasteiger partial charge in [0.15, 0.2) is 6.61 Å². The van der Waals surface area contributed by atoms with Gasteiger partial charge in [0.1, 0.15) is 0 Å². The van der Waals surface area contributed by atoms with Crippen molar-refractivity contribution in [1.29, 1.82) is 0 Å². The minimum Gasteiger partial charge on any atom is -0.470 e. The van der Waals surface area contributed by atoms with Gasteiger partial charge < -0.3 is 15.8 Å². The van der Waals surface area contributed by atoms with E-state index in [-0.39, 0.29) is 18.0 Å². The van der Waals surface area contributed by atoms with Gasteiger partial charge in [-0.15, -0.1) is 0 Å². The number of nitrogens with zero attached hydrogens (tertiary/aromatic N) is 4. The van der Waals surface area contributed by atoms with E-state index in [0.29, 0.717) is 18.2 Å². The zero-order chi connectivity index (χ0) is 18.5. The van der Waals surface area contributed by atoms with E-state index in [9.17, 15) is 8.78 Å². The largest absolute Gasteiger partial charge is 0.470 e. The summed E-state index contributed by atoms with van der Waals surface area (Å²) in [5.74, 6) is 0.539. The first-order chi connectivity index (χ1) is 12.5. The number of aryl methyl sites for hydroxylation is 1. The molecule has 2 aromatic rings. The van der Waals surface area contributed by atoms with Crippen LogP contribution in [0.1, 0.15) is 36.4 Å². The third-order valence-corrected chi connectivity index (χ3v) is 4.68. The number of hydrogen-bond acceptors (Lipinski definition) is 6. The summed E-state index contributed by atoms with van der Waals surface area (Å²) in [6.07, 6.45) is 7.28.